The highest BCUT2D eigenvalue weighted by molar-refractivity contribution is 6.30. The first-order chi connectivity index (χ1) is 8.27. The number of nitrogens with one attached hydrogen (secondary N) is 1. The lowest BCUT2D eigenvalue weighted by Gasteiger charge is -2.18. The van der Waals surface area contributed by atoms with E-state index in [1.54, 1.807) is 0 Å². The summed E-state index contributed by atoms with van der Waals surface area (Å²) >= 11 is 5.89. The summed E-state index contributed by atoms with van der Waals surface area (Å²) in [5.74, 6) is 0. The van der Waals surface area contributed by atoms with Crippen LogP contribution in [0.4, 0.5) is 0 Å². The summed E-state index contributed by atoms with van der Waals surface area (Å²) in [6.07, 6.45) is 2.07. The van der Waals surface area contributed by atoms with Crippen molar-refractivity contribution >= 4 is 11.6 Å². The predicted molar refractivity (Wildman–Crippen MR) is 73.6 cm³/mol. The normalized spacial score (nSPS) is 12.6. The maximum atomic E-state index is 5.89. The van der Waals surface area contributed by atoms with Gasteiger partial charge in [-0.15, -0.1) is 0 Å². The minimum absolute atomic E-state index is 0.356. The van der Waals surface area contributed by atoms with Crippen molar-refractivity contribution in [2.24, 2.45) is 0 Å². The molecule has 0 aliphatic carbocycles. The summed E-state index contributed by atoms with van der Waals surface area (Å²) in [6, 6.07) is 8.39. The second kappa shape index (κ2) is 8.51. The Balaban J connectivity index is 2.49. The van der Waals surface area contributed by atoms with Crippen LogP contribution in [0.5, 0.6) is 0 Å². The van der Waals surface area contributed by atoms with E-state index in [1.807, 2.05) is 12.1 Å². The third-order valence-corrected chi connectivity index (χ3v) is 2.87. The van der Waals surface area contributed by atoms with Gasteiger partial charge in [0.2, 0.25) is 0 Å². The molecule has 0 amide bonds. The molecule has 1 rings (SSSR count). The molecule has 1 aromatic rings. The van der Waals surface area contributed by atoms with Gasteiger partial charge in [-0.2, -0.15) is 0 Å². The standard InChI is InChI=1S/C14H22ClNO/c1-3-10-17-11-9-14(16-4-2)12-5-7-13(15)8-6-12/h5-8,14,16H,3-4,9-11H2,1-2H3. The molecule has 1 aromatic carbocycles. The fourth-order valence-electron chi connectivity index (χ4n) is 1.78. The average Bonchev–Trinajstić information content (AvgIpc) is 2.34. The van der Waals surface area contributed by atoms with Crippen LogP contribution in [0.15, 0.2) is 24.3 Å². The molecule has 0 radical (unpaired) electrons. The molecule has 0 heterocycles. The zero-order valence-electron chi connectivity index (χ0n) is 10.7. The van der Waals surface area contributed by atoms with Gasteiger partial charge in [-0.3, -0.25) is 0 Å². The molecule has 0 spiro atoms. The van der Waals surface area contributed by atoms with Gasteiger partial charge in [0.25, 0.3) is 0 Å². The summed E-state index contributed by atoms with van der Waals surface area (Å²) in [4.78, 5) is 0. The van der Waals surface area contributed by atoms with Gasteiger partial charge in [0.05, 0.1) is 0 Å². The Bertz CT molecular complexity index is 300. The second-order valence-corrected chi connectivity index (χ2v) is 4.50. The highest BCUT2D eigenvalue weighted by Crippen LogP contribution is 2.19. The maximum absolute atomic E-state index is 5.89. The zero-order chi connectivity index (χ0) is 12.5. The Labute approximate surface area is 109 Å². The van der Waals surface area contributed by atoms with Crippen molar-refractivity contribution in [1.82, 2.24) is 5.32 Å². The molecule has 17 heavy (non-hydrogen) atoms. The number of benzene rings is 1. The molecule has 0 saturated carbocycles. The number of ether oxygens (including phenoxy) is 1. The van der Waals surface area contributed by atoms with E-state index in [0.717, 1.165) is 37.6 Å². The van der Waals surface area contributed by atoms with E-state index < -0.39 is 0 Å². The molecule has 0 fully saturated rings. The Morgan fingerprint density at radius 3 is 2.47 bits per heavy atom. The van der Waals surface area contributed by atoms with Crippen LogP contribution < -0.4 is 5.32 Å². The smallest absolute Gasteiger partial charge is 0.0484 e. The summed E-state index contributed by atoms with van der Waals surface area (Å²) in [6.45, 7) is 6.85. The molecule has 2 nitrogen and oxygen atoms in total. The molecule has 0 aliphatic heterocycles. The van der Waals surface area contributed by atoms with E-state index in [0.29, 0.717) is 6.04 Å². The number of hydrogen-bond acceptors (Lipinski definition) is 2. The van der Waals surface area contributed by atoms with Crippen LogP contribution in [0, 0.1) is 0 Å². The Kier molecular flexibility index (Phi) is 7.25. The van der Waals surface area contributed by atoms with Crippen LogP contribution in [-0.4, -0.2) is 19.8 Å². The van der Waals surface area contributed by atoms with E-state index in [2.05, 4.69) is 31.3 Å². The molecular weight excluding hydrogens is 234 g/mol. The highest BCUT2D eigenvalue weighted by atomic mass is 35.5. The first kappa shape index (κ1) is 14.5. The van der Waals surface area contributed by atoms with Crippen molar-refractivity contribution in [3.05, 3.63) is 34.9 Å². The maximum Gasteiger partial charge on any atom is 0.0484 e. The number of hydrogen-bond donors (Lipinski definition) is 1. The van der Waals surface area contributed by atoms with Crippen LogP contribution in [0.25, 0.3) is 0 Å². The van der Waals surface area contributed by atoms with Gasteiger partial charge in [0.1, 0.15) is 0 Å². The molecule has 0 bridgehead atoms. The van der Waals surface area contributed by atoms with E-state index in [4.69, 9.17) is 16.3 Å². The Morgan fingerprint density at radius 2 is 1.88 bits per heavy atom. The SMILES string of the molecule is CCCOCCC(NCC)c1ccc(Cl)cc1. The van der Waals surface area contributed by atoms with Crippen LogP contribution in [-0.2, 0) is 4.74 Å². The third-order valence-electron chi connectivity index (χ3n) is 2.62. The predicted octanol–water partition coefficient (Wildman–Crippen LogP) is 3.81. The fraction of sp³-hybridized carbons (Fsp3) is 0.571. The van der Waals surface area contributed by atoms with Gasteiger partial charge in [0.15, 0.2) is 0 Å². The first-order valence-corrected chi connectivity index (χ1v) is 6.72. The third kappa shape index (κ3) is 5.53. The lowest BCUT2D eigenvalue weighted by atomic mass is 10.0. The summed E-state index contributed by atoms with van der Waals surface area (Å²) in [7, 11) is 0. The minimum Gasteiger partial charge on any atom is -0.381 e. The molecule has 0 aliphatic rings. The van der Waals surface area contributed by atoms with E-state index in [9.17, 15) is 0 Å². The molecule has 0 aromatic heterocycles. The van der Waals surface area contributed by atoms with Gasteiger partial charge < -0.3 is 10.1 Å². The number of rotatable bonds is 8. The van der Waals surface area contributed by atoms with Gasteiger partial charge in [0, 0.05) is 24.3 Å². The van der Waals surface area contributed by atoms with Crippen molar-refractivity contribution in [2.75, 3.05) is 19.8 Å². The number of halogens is 1. The minimum atomic E-state index is 0.356. The fourth-order valence-corrected chi connectivity index (χ4v) is 1.90. The lowest BCUT2D eigenvalue weighted by Crippen LogP contribution is -2.22. The largest absolute Gasteiger partial charge is 0.381 e. The molecule has 0 saturated heterocycles. The van der Waals surface area contributed by atoms with Gasteiger partial charge in [-0.05, 0) is 37.1 Å². The first-order valence-electron chi connectivity index (χ1n) is 6.34. The van der Waals surface area contributed by atoms with E-state index in [-0.39, 0.29) is 0 Å². The van der Waals surface area contributed by atoms with Gasteiger partial charge in [-0.25, -0.2) is 0 Å². The van der Waals surface area contributed by atoms with Gasteiger partial charge >= 0.3 is 0 Å². The summed E-state index contributed by atoms with van der Waals surface area (Å²) < 4.78 is 5.54. The van der Waals surface area contributed by atoms with Gasteiger partial charge in [-0.1, -0.05) is 37.6 Å². The second-order valence-electron chi connectivity index (χ2n) is 4.06. The topological polar surface area (TPSA) is 21.3 Å². The molecule has 96 valence electrons. The average molecular weight is 256 g/mol. The van der Waals surface area contributed by atoms with Crippen molar-refractivity contribution in [3.8, 4) is 0 Å². The molecule has 1 unspecified atom stereocenters. The van der Waals surface area contributed by atoms with Crippen LogP contribution >= 0.6 is 11.6 Å². The van der Waals surface area contributed by atoms with Crippen LogP contribution in [0.2, 0.25) is 5.02 Å². The van der Waals surface area contributed by atoms with E-state index >= 15 is 0 Å². The molecule has 1 atom stereocenters. The zero-order valence-corrected chi connectivity index (χ0v) is 11.5. The lowest BCUT2D eigenvalue weighted by molar-refractivity contribution is 0.124. The highest BCUT2D eigenvalue weighted by Gasteiger charge is 2.09. The van der Waals surface area contributed by atoms with Crippen molar-refractivity contribution in [3.63, 3.8) is 0 Å². The monoisotopic (exact) mass is 255 g/mol. The Hall–Kier alpha value is -0.570. The van der Waals surface area contributed by atoms with Crippen LogP contribution in [0.1, 0.15) is 38.3 Å². The van der Waals surface area contributed by atoms with Crippen molar-refractivity contribution in [1.29, 1.82) is 0 Å². The van der Waals surface area contributed by atoms with Crippen LogP contribution in [0.3, 0.4) is 0 Å². The Morgan fingerprint density at radius 1 is 1.18 bits per heavy atom. The molecule has 1 N–H and O–H groups in total. The summed E-state index contributed by atoms with van der Waals surface area (Å²) in [5, 5.41) is 4.26. The van der Waals surface area contributed by atoms with Crippen molar-refractivity contribution < 1.29 is 4.74 Å². The quantitative estimate of drug-likeness (QED) is 0.714. The van der Waals surface area contributed by atoms with Crippen molar-refractivity contribution in [2.45, 2.75) is 32.7 Å². The molecule has 3 heteroatoms. The summed E-state index contributed by atoms with van der Waals surface area (Å²) in [5.41, 5.74) is 1.27. The van der Waals surface area contributed by atoms with E-state index in [1.165, 1.54) is 5.56 Å². The molecular formula is C14H22ClNO.